The van der Waals surface area contributed by atoms with Gasteiger partial charge in [-0.2, -0.15) is 5.10 Å². The zero-order valence-corrected chi connectivity index (χ0v) is 21.6. The van der Waals surface area contributed by atoms with Crippen LogP contribution in [0.5, 0.6) is 17.4 Å². The monoisotopic (exact) mass is 481 g/mol. The summed E-state index contributed by atoms with van der Waals surface area (Å²) in [5, 5.41) is 15.5. The van der Waals surface area contributed by atoms with Crippen molar-refractivity contribution in [2.24, 2.45) is 5.92 Å². The second kappa shape index (κ2) is 13.3. The lowest BCUT2D eigenvalue weighted by Crippen LogP contribution is -2.37. The van der Waals surface area contributed by atoms with Gasteiger partial charge in [0.1, 0.15) is 11.5 Å². The molecule has 1 unspecified atom stereocenters. The molecular weight excluding hydrogens is 442 g/mol. The molecule has 0 spiro atoms. The number of para-hydroxylation sites is 1. The number of ether oxygens (including phenoxy) is 3. The largest absolute Gasteiger partial charge is 0.497 e. The number of aromatic nitrogens is 2. The zero-order chi connectivity index (χ0) is 25.2. The minimum absolute atomic E-state index is 0.324. The number of nitrogens with zero attached hydrogens (tertiary/aromatic N) is 3. The summed E-state index contributed by atoms with van der Waals surface area (Å²) < 4.78 is 19.1. The molecule has 0 radical (unpaired) electrons. The van der Waals surface area contributed by atoms with Crippen molar-refractivity contribution < 1.29 is 19.3 Å². The van der Waals surface area contributed by atoms with Crippen LogP contribution in [0.2, 0.25) is 0 Å². The van der Waals surface area contributed by atoms with E-state index in [1.807, 2.05) is 66.2 Å². The predicted molar refractivity (Wildman–Crippen MR) is 139 cm³/mol. The molecule has 0 aliphatic rings. The van der Waals surface area contributed by atoms with E-state index in [1.165, 1.54) is 0 Å². The van der Waals surface area contributed by atoms with Crippen LogP contribution in [0, 0.1) is 5.92 Å². The highest BCUT2D eigenvalue weighted by molar-refractivity contribution is 5.44. The number of hydrogen-bond acceptors (Lipinski definition) is 6. The molecule has 1 aromatic heterocycles. The van der Waals surface area contributed by atoms with Crippen molar-refractivity contribution in [2.45, 2.75) is 46.8 Å². The highest BCUT2D eigenvalue weighted by Crippen LogP contribution is 2.33. The molecule has 3 aromatic rings. The van der Waals surface area contributed by atoms with E-state index in [9.17, 15) is 5.11 Å². The average Bonchev–Trinajstić information content (AvgIpc) is 3.20. The molecule has 0 amide bonds. The minimum Gasteiger partial charge on any atom is -0.497 e. The second-order valence-electron chi connectivity index (χ2n) is 9.01. The molecule has 0 bridgehead atoms. The van der Waals surface area contributed by atoms with Gasteiger partial charge < -0.3 is 19.3 Å². The van der Waals surface area contributed by atoms with Gasteiger partial charge in [0.15, 0.2) is 0 Å². The Morgan fingerprint density at radius 1 is 0.971 bits per heavy atom. The van der Waals surface area contributed by atoms with Gasteiger partial charge in [-0.3, -0.25) is 4.90 Å². The van der Waals surface area contributed by atoms with Gasteiger partial charge in [0.05, 0.1) is 36.8 Å². The summed E-state index contributed by atoms with van der Waals surface area (Å²) in [5.41, 5.74) is 2.94. The molecular formula is C28H39N3O4. The summed E-state index contributed by atoms with van der Waals surface area (Å²) in [7, 11) is 1.65. The maximum Gasteiger partial charge on any atom is 0.227 e. The Morgan fingerprint density at radius 3 is 2.26 bits per heavy atom. The molecule has 3 rings (SSSR count). The number of aliphatic hydroxyl groups is 1. The van der Waals surface area contributed by atoms with Gasteiger partial charge in [0.25, 0.3) is 0 Å². The first-order chi connectivity index (χ1) is 16.9. The molecule has 0 saturated carbocycles. The Bertz CT molecular complexity index is 1020. The van der Waals surface area contributed by atoms with Gasteiger partial charge in [0.2, 0.25) is 5.88 Å². The predicted octanol–water partition coefficient (Wildman–Crippen LogP) is 5.09. The standard InChI is InChI=1S/C28H39N3O4/c1-6-27-26(19-30(17-21(3)4)18-23(32)20-34-7-2)28(31(29-27)22-11-9-8-10-12-22)35-25-15-13-24(33-5)14-16-25/h8-16,21,23,32H,6-7,17-20H2,1-5H3. The molecule has 35 heavy (non-hydrogen) atoms. The molecule has 0 saturated heterocycles. The SMILES string of the molecule is CCOCC(O)CN(Cc1c(CC)nn(-c2ccccc2)c1Oc1ccc(OC)cc1)CC(C)C. The maximum atomic E-state index is 10.6. The van der Waals surface area contributed by atoms with Crippen molar-refractivity contribution in [1.82, 2.24) is 14.7 Å². The van der Waals surface area contributed by atoms with Crippen LogP contribution in [0.1, 0.15) is 39.0 Å². The van der Waals surface area contributed by atoms with Crippen LogP contribution in [-0.4, -0.2) is 59.3 Å². The molecule has 0 aliphatic heterocycles. The van der Waals surface area contributed by atoms with E-state index in [0.717, 1.165) is 35.7 Å². The normalized spacial score (nSPS) is 12.3. The van der Waals surface area contributed by atoms with Crippen molar-refractivity contribution in [1.29, 1.82) is 0 Å². The average molecular weight is 482 g/mol. The van der Waals surface area contributed by atoms with Crippen molar-refractivity contribution in [3.8, 4) is 23.1 Å². The van der Waals surface area contributed by atoms with Crippen LogP contribution in [0.4, 0.5) is 0 Å². The van der Waals surface area contributed by atoms with E-state index in [-0.39, 0.29) is 0 Å². The van der Waals surface area contributed by atoms with Crippen LogP contribution >= 0.6 is 0 Å². The fraction of sp³-hybridized carbons (Fsp3) is 0.464. The number of aliphatic hydroxyl groups excluding tert-OH is 1. The van der Waals surface area contributed by atoms with Gasteiger partial charge in [-0.15, -0.1) is 0 Å². The smallest absolute Gasteiger partial charge is 0.227 e. The fourth-order valence-electron chi connectivity index (χ4n) is 4.07. The number of hydrogen-bond donors (Lipinski definition) is 1. The summed E-state index contributed by atoms with van der Waals surface area (Å²) in [4.78, 5) is 2.26. The number of benzene rings is 2. The van der Waals surface area contributed by atoms with Crippen LogP contribution in [0.3, 0.4) is 0 Å². The zero-order valence-electron chi connectivity index (χ0n) is 21.6. The Kier molecular flexibility index (Phi) is 10.1. The van der Waals surface area contributed by atoms with Gasteiger partial charge in [-0.1, -0.05) is 39.0 Å². The van der Waals surface area contributed by atoms with Crippen molar-refractivity contribution >= 4 is 0 Å². The van der Waals surface area contributed by atoms with E-state index >= 15 is 0 Å². The van der Waals surface area contributed by atoms with E-state index in [2.05, 4.69) is 25.7 Å². The maximum absolute atomic E-state index is 10.6. The number of methoxy groups -OCH3 is 1. The number of aryl methyl sites for hydroxylation is 1. The van der Waals surface area contributed by atoms with Crippen LogP contribution < -0.4 is 9.47 Å². The molecule has 7 nitrogen and oxygen atoms in total. The molecule has 7 heteroatoms. The Labute approximate surface area is 209 Å². The summed E-state index contributed by atoms with van der Waals surface area (Å²) in [6.07, 6.45) is 0.208. The molecule has 1 heterocycles. The summed E-state index contributed by atoms with van der Waals surface area (Å²) in [6, 6.07) is 17.6. The lowest BCUT2D eigenvalue weighted by Gasteiger charge is -2.27. The highest BCUT2D eigenvalue weighted by Gasteiger charge is 2.24. The highest BCUT2D eigenvalue weighted by atomic mass is 16.5. The summed E-state index contributed by atoms with van der Waals surface area (Å²) in [6.45, 7) is 11.3. The second-order valence-corrected chi connectivity index (χ2v) is 9.01. The van der Waals surface area contributed by atoms with Crippen LogP contribution in [-0.2, 0) is 17.7 Å². The quantitative estimate of drug-likeness (QED) is 0.346. The van der Waals surface area contributed by atoms with E-state index in [0.29, 0.717) is 43.9 Å². The van der Waals surface area contributed by atoms with Crippen molar-refractivity contribution in [2.75, 3.05) is 33.4 Å². The summed E-state index contributed by atoms with van der Waals surface area (Å²) >= 11 is 0. The molecule has 0 fully saturated rings. The topological polar surface area (TPSA) is 69.0 Å². The third-order valence-corrected chi connectivity index (χ3v) is 5.62. The molecule has 1 atom stereocenters. The van der Waals surface area contributed by atoms with Gasteiger partial charge in [0, 0.05) is 26.2 Å². The first kappa shape index (κ1) is 26.7. The van der Waals surface area contributed by atoms with E-state index in [4.69, 9.17) is 19.3 Å². The van der Waals surface area contributed by atoms with Gasteiger partial charge >= 0.3 is 0 Å². The molecule has 2 aromatic carbocycles. The Morgan fingerprint density at radius 2 is 1.66 bits per heavy atom. The Hall–Kier alpha value is -2.87. The Balaban J connectivity index is 2.00. The molecule has 1 N–H and O–H groups in total. The first-order valence-electron chi connectivity index (χ1n) is 12.4. The van der Waals surface area contributed by atoms with E-state index in [1.54, 1.807) is 7.11 Å². The molecule has 190 valence electrons. The van der Waals surface area contributed by atoms with Crippen molar-refractivity contribution in [3.05, 3.63) is 65.9 Å². The van der Waals surface area contributed by atoms with Crippen LogP contribution in [0.25, 0.3) is 5.69 Å². The third-order valence-electron chi connectivity index (χ3n) is 5.62. The third kappa shape index (κ3) is 7.56. The first-order valence-corrected chi connectivity index (χ1v) is 12.4. The van der Waals surface area contributed by atoms with Crippen molar-refractivity contribution in [3.63, 3.8) is 0 Å². The molecule has 0 aliphatic carbocycles. The van der Waals surface area contributed by atoms with Crippen LogP contribution in [0.15, 0.2) is 54.6 Å². The number of rotatable bonds is 14. The van der Waals surface area contributed by atoms with Gasteiger partial charge in [-0.25, -0.2) is 4.68 Å². The fourth-order valence-corrected chi connectivity index (χ4v) is 4.07. The lowest BCUT2D eigenvalue weighted by molar-refractivity contribution is 0.0173. The van der Waals surface area contributed by atoms with Gasteiger partial charge in [-0.05, 0) is 55.7 Å². The van der Waals surface area contributed by atoms with E-state index < -0.39 is 6.10 Å². The lowest BCUT2D eigenvalue weighted by atomic mass is 10.1. The summed E-state index contributed by atoms with van der Waals surface area (Å²) in [5.74, 6) is 2.61. The minimum atomic E-state index is -0.561.